The van der Waals surface area contributed by atoms with Gasteiger partial charge in [0, 0.05) is 29.7 Å². The van der Waals surface area contributed by atoms with Crippen molar-refractivity contribution >= 4 is 23.1 Å². The number of carbonyl (C=O) groups excluding carboxylic acids is 2. The lowest BCUT2D eigenvalue weighted by Gasteiger charge is -2.26. The number of hydrogen-bond acceptors (Lipinski definition) is 6. The van der Waals surface area contributed by atoms with E-state index in [0.717, 1.165) is 5.56 Å². The molecule has 3 heterocycles. The van der Waals surface area contributed by atoms with E-state index in [9.17, 15) is 14.7 Å². The van der Waals surface area contributed by atoms with Gasteiger partial charge >= 0.3 is 0 Å². The number of aliphatic hydroxyl groups excluding tert-OH is 1. The van der Waals surface area contributed by atoms with Crippen molar-refractivity contribution in [2.45, 2.75) is 25.8 Å². The van der Waals surface area contributed by atoms with E-state index in [1.165, 1.54) is 17.3 Å². The molecule has 33 heavy (non-hydrogen) atoms. The number of hydrogen-bond donors (Lipinski definition) is 1. The van der Waals surface area contributed by atoms with Crippen molar-refractivity contribution in [3.63, 3.8) is 0 Å². The van der Waals surface area contributed by atoms with Crippen LogP contribution in [0.1, 0.15) is 42.5 Å². The van der Waals surface area contributed by atoms with Crippen LogP contribution in [0.3, 0.4) is 0 Å². The van der Waals surface area contributed by atoms with Crippen LogP contribution in [0.4, 0.5) is 5.69 Å². The molecule has 0 aliphatic carbocycles. The van der Waals surface area contributed by atoms with Crippen LogP contribution >= 0.6 is 0 Å². The molecule has 2 aliphatic heterocycles. The van der Waals surface area contributed by atoms with Gasteiger partial charge in [-0.05, 0) is 41.3 Å². The molecule has 7 nitrogen and oxygen atoms in total. The van der Waals surface area contributed by atoms with E-state index in [0.29, 0.717) is 34.2 Å². The van der Waals surface area contributed by atoms with Gasteiger partial charge in [-0.1, -0.05) is 38.1 Å². The molecule has 1 fully saturated rings. The number of fused-ring (bicyclic) bond motifs is 1. The minimum Gasteiger partial charge on any atom is -0.507 e. The lowest BCUT2D eigenvalue weighted by atomic mass is 9.93. The fourth-order valence-corrected chi connectivity index (χ4v) is 4.18. The third kappa shape index (κ3) is 3.51. The average Bonchev–Trinajstić information content (AvgIpc) is 3.41. The highest BCUT2D eigenvalue weighted by Gasteiger charge is 2.47. The number of carbonyl (C=O) groups is 2. The molecule has 1 atom stereocenters. The van der Waals surface area contributed by atoms with E-state index in [4.69, 9.17) is 9.47 Å². The van der Waals surface area contributed by atoms with Gasteiger partial charge in [-0.3, -0.25) is 19.5 Å². The fourth-order valence-electron chi connectivity index (χ4n) is 4.18. The van der Waals surface area contributed by atoms with Crippen molar-refractivity contribution in [1.29, 1.82) is 0 Å². The molecule has 0 radical (unpaired) electrons. The van der Waals surface area contributed by atoms with Crippen molar-refractivity contribution in [2.75, 3.05) is 11.7 Å². The maximum absolute atomic E-state index is 13.3. The molecule has 2 aliphatic rings. The van der Waals surface area contributed by atoms with Gasteiger partial charge in [-0.25, -0.2) is 0 Å². The van der Waals surface area contributed by atoms with E-state index in [-0.39, 0.29) is 18.1 Å². The number of pyridine rings is 1. The Hall–Kier alpha value is -4.13. The summed E-state index contributed by atoms with van der Waals surface area (Å²) >= 11 is 0. The van der Waals surface area contributed by atoms with E-state index >= 15 is 0 Å². The minimum atomic E-state index is -0.806. The van der Waals surface area contributed by atoms with Crippen molar-refractivity contribution < 1.29 is 24.2 Å². The number of ether oxygens (including phenoxy) is 2. The maximum Gasteiger partial charge on any atom is 0.300 e. The number of anilines is 1. The molecule has 166 valence electrons. The molecule has 0 bridgehead atoms. The van der Waals surface area contributed by atoms with Gasteiger partial charge in [0.1, 0.15) is 5.76 Å². The van der Waals surface area contributed by atoms with Crippen molar-refractivity contribution in [2.24, 2.45) is 0 Å². The van der Waals surface area contributed by atoms with Crippen LogP contribution in [0.2, 0.25) is 0 Å². The van der Waals surface area contributed by atoms with Gasteiger partial charge in [-0.2, -0.15) is 0 Å². The van der Waals surface area contributed by atoms with Crippen LogP contribution in [0.15, 0.2) is 72.6 Å². The van der Waals surface area contributed by atoms with E-state index in [1.807, 2.05) is 24.3 Å². The van der Waals surface area contributed by atoms with Crippen molar-refractivity contribution in [1.82, 2.24) is 4.98 Å². The van der Waals surface area contributed by atoms with Crippen LogP contribution < -0.4 is 14.4 Å². The number of aromatic nitrogens is 1. The standard InChI is InChI=1S/C26H22N2O5/c1-15(2)16-3-5-17(6-4-16)23-22(24(29)18-9-11-27-12-10-18)25(30)26(31)28(23)19-7-8-20-21(13-19)33-14-32-20/h3-13,15,23,29H,14H2,1-2H3/b24-22+. The first-order chi connectivity index (χ1) is 16.0. The quantitative estimate of drug-likeness (QED) is 0.362. The van der Waals surface area contributed by atoms with Crippen LogP contribution in [0.5, 0.6) is 11.5 Å². The highest BCUT2D eigenvalue weighted by Crippen LogP contribution is 2.45. The zero-order valence-corrected chi connectivity index (χ0v) is 18.2. The van der Waals surface area contributed by atoms with Crippen LogP contribution in [0, 0.1) is 0 Å². The van der Waals surface area contributed by atoms with Gasteiger partial charge in [0.2, 0.25) is 6.79 Å². The molecule has 0 spiro atoms. The third-order valence-electron chi connectivity index (χ3n) is 5.95. The summed E-state index contributed by atoms with van der Waals surface area (Å²) in [5.41, 5.74) is 2.77. The Balaban J connectivity index is 1.69. The summed E-state index contributed by atoms with van der Waals surface area (Å²) < 4.78 is 10.9. The summed E-state index contributed by atoms with van der Waals surface area (Å²) in [6, 6.07) is 15.2. The van der Waals surface area contributed by atoms with Crippen LogP contribution in [0.25, 0.3) is 5.76 Å². The Kier molecular flexibility index (Phi) is 5.09. The molecule has 1 unspecified atom stereocenters. The van der Waals surface area contributed by atoms with Gasteiger partial charge in [0.05, 0.1) is 11.6 Å². The van der Waals surface area contributed by atoms with Gasteiger partial charge in [0.15, 0.2) is 11.5 Å². The molecule has 1 saturated heterocycles. The summed E-state index contributed by atoms with van der Waals surface area (Å²) in [5, 5.41) is 11.1. The zero-order valence-electron chi connectivity index (χ0n) is 18.2. The second kappa shape index (κ2) is 8.09. The lowest BCUT2D eigenvalue weighted by molar-refractivity contribution is -0.132. The van der Waals surface area contributed by atoms with Crippen molar-refractivity contribution in [3.8, 4) is 11.5 Å². The predicted molar refractivity (Wildman–Crippen MR) is 122 cm³/mol. The third-order valence-corrected chi connectivity index (χ3v) is 5.95. The first kappa shape index (κ1) is 20.8. The van der Waals surface area contributed by atoms with E-state index in [1.54, 1.807) is 30.3 Å². The molecule has 5 rings (SSSR count). The lowest BCUT2D eigenvalue weighted by Crippen LogP contribution is -2.29. The second-order valence-corrected chi connectivity index (χ2v) is 8.26. The van der Waals surface area contributed by atoms with Crippen LogP contribution in [-0.4, -0.2) is 28.6 Å². The average molecular weight is 442 g/mol. The minimum absolute atomic E-state index is 0.0289. The molecule has 0 saturated carbocycles. The smallest absolute Gasteiger partial charge is 0.300 e. The van der Waals surface area contributed by atoms with Gasteiger partial charge in [0.25, 0.3) is 11.7 Å². The Labute approximate surface area is 190 Å². The number of ketones is 1. The Morgan fingerprint density at radius 1 is 1.00 bits per heavy atom. The van der Waals surface area contributed by atoms with Gasteiger partial charge < -0.3 is 14.6 Å². The largest absolute Gasteiger partial charge is 0.507 e. The number of Topliss-reactive ketones (excluding diaryl/α,β-unsaturated/α-hetero) is 1. The van der Waals surface area contributed by atoms with Crippen molar-refractivity contribution in [3.05, 3.63) is 89.3 Å². The highest BCUT2D eigenvalue weighted by atomic mass is 16.7. The number of rotatable bonds is 4. The molecule has 1 aromatic heterocycles. The SMILES string of the molecule is CC(C)c1ccc(C2/C(=C(\O)c3ccncc3)C(=O)C(=O)N2c2ccc3c(c2)OCO3)cc1. The monoisotopic (exact) mass is 442 g/mol. The zero-order chi connectivity index (χ0) is 23.1. The Bertz CT molecular complexity index is 1270. The fraction of sp³-hybridized carbons (Fsp3) is 0.192. The number of benzene rings is 2. The summed E-state index contributed by atoms with van der Waals surface area (Å²) in [6.07, 6.45) is 3.05. The number of aliphatic hydroxyl groups is 1. The topological polar surface area (TPSA) is 89.0 Å². The summed E-state index contributed by atoms with van der Waals surface area (Å²) in [6.45, 7) is 4.29. The Morgan fingerprint density at radius 3 is 2.39 bits per heavy atom. The first-order valence-corrected chi connectivity index (χ1v) is 10.7. The summed E-state index contributed by atoms with van der Waals surface area (Å²) in [5.74, 6) is -0.308. The molecule has 1 N–H and O–H groups in total. The summed E-state index contributed by atoms with van der Waals surface area (Å²) in [7, 11) is 0. The molecule has 1 amide bonds. The number of amides is 1. The van der Waals surface area contributed by atoms with E-state index < -0.39 is 17.7 Å². The molecular formula is C26H22N2O5. The molecular weight excluding hydrogens is 420 g/mol. The first-order valence-electron chi connectivity index (χ1n) is 10.7. The predicted octanol–water partition coefficient (Wildman–Crippen LogP) is 4.56. The van der Waals surface area contributed by atoms with Gasteiger partial charge in [-0.15, -0.1) is 0 Å². The number of nitrogens with zero attached hydrogens (tertiary/aromatic N) is 2. The van der Waals surface area contributed by atoms with Crippen LogP contribution in [-0.2, 0) is 9.59 Å². The second-order valence-electron chi connectivity index (χ2n) is 8.26. The maximum atomic E-state index is 13.3. The molecule has 7 heteroatoms. The molecule has 3 aromatic rings. The highest BCUT2D eigenvalue weighted by molar-refractivity contribution is 6.51. The summed E-state index contributed by atoms with van der Waals surface area (Å²) in [4.78, 5) is 31.8. The molecule has 2 aromatic carbocycles. The Morgan fingerprint density at radius 2 is 1.70 bits per heavy atom. The normalized spacial score (nSPS) is 18.9. The van der Waals surface area contributed by atoms with E-state index in [2.05, 4.69) is 18.8 Å².